The molecule has 0 amide bonds. The third-order valence-electron chi connectivity index (χ3n) is 5.86. The molecule has 1 aliphatic heterocycles. The Kier molecular flexibility index (Phi) is 6.86. The van der Waals surface area contributed by atoms with E-state index in [2.05, 4.69) is 4.90 Å². The first-order chi connectivity index (χ1) is 13.4. The highest BCUT2D eigenvalue weighted by atomic mass is 35.5. The number of piperidine rings is 1. The number of halogens is 2. The van der Waals surface area contributed by atoms with Crippen molar-refractivity contribution in [3.8, 4) is 0 Å². The molecule has 0 spiro atoms. The van der Waals surface area contributed by atoms with Crippen molar-refractivity contribution in [3.63, 3.8) is 0 Å². The Morgan fingerprint density at radius 1 is 1.14 bits per heavy atom. The molecule has 0 aromatic heterocycles. The topological polar surface area (TPSA) is 40.5 Å². The molecular weight excluding hydrogens is 377 g/mol. The second-order valence-electron chi connectivity index (χ2n) is 7.80. The van der Waals surface area contributed by atoms with Gasteiger partial charge in [-0.1, -0.05) is 23.7 Å². The van der Waals surface area contributed by atoms with E-state index in [1.54, 1.807) is 12.1 Å². The molecule has 150 valence electrons. The molecule has 1 aliphatic rings. The molecular formula is C23H27ClFNO2. The Morgan fingerprint density at radius 3 is 2.36 bits per heavy atom. The fourth-order valence-electron chi connectivity index (χ4n) is 3.99. The quantitative estimate of drug-likeness (QED) is 0.657. The first-order valence-electron chi connectivity index (χ1n) is 9.86. The van der Waals surface area contributed by atoms with E-state index in [1.807, 2.05) is 31.2 Å². The van der Waals surface area contributed by atoms with Crippen molar-refractivity contribution in [1.29, 1.82) is 0 Å². The fraction of sp³-hybridized carbons (Fsp3) is 0.435. The van der Waals surface area contributed by atoms with E-state index >= 15 is 0 Å². The minimum Gasteiger partial charge on any atom is -0.385 e. The highest BCUT2D eigenvalue weighted by Gasteiger charge is 2.35. The molecule has 3 rings (SSSR count). The summed E-state index contributed by atoms with van der Waals surface area (Å²) in [5, 5.41) is 11.7. The largest absolute Gasteiger partial charge is 0.385 e. The van der Waals surface area contributed by atoms with Gasteiger partial charge >= 0.3 is 0 Å². The zero-order valence-corrected chi connectivity index (χ0v) is 17.0. The average Bonchev–Trinajstić information content (AvgIpc) is 2.69. The molecule has 1 N–H and O–H groups in total. The molecule has 0 aliphatic carbocycles. The lowest BCUT2D eigenvalue weighted by molar-refractivity contribution is -0.0330. The molecule has 0 saturated carbocycles. The molecule has 1 heterocycles. The van der Waals surface area contributed by atoms with Gasteiger partial charge in [0.1, 0.15) is 5.82 Å². The molecule has 2 aromatic carbocycles. The monoisotopic (exact) mass is 403 g/mol. The van der Waals surface area contributed by atoms with Crippen molar-refractivity contribution in [2.75, 3.05) is 19.6 Å². The Balaban J connectivity index is 1.44. The summed E-state index contributed by atoms with van der Waals surface area (Å²) in [5.74, 6) is -0.0692. The van der Waals surface area contributed by atoms with Gasteiger partial charge in [-0.2, -0.15) is 0 Å². The van der Waals surface area contributed by atoms with Crippen molar-refractivity contribution in [2.45, 2.75) is 38.2 Å². The molecule has 0 radical (unpaired) electrons. The molecule has 1 atom stereocenters. The SMILES string of the molecule is CC(O)(c1ccc(Cl)cc1)C1CCN(CCCC(=O)c2ccc(F)cc2)CC1. The lowest BCUT2D eigenvalue weighted by Gasteiger charge is -2.40. The van der Waals surface area contributed by atoms with Crippen molar-refractivity contribution >= 4 is 17.4 Å². The Morgan fingerprint density at radius 2 is 1.75 bits per heavy atom. The predicted octanol–water partition coefficient (Wildman–Crippen LogP) is 5.06. The smallest absolute Gasteiger partial charge is 0.162 e. The lowest BCUT2D eigenvalue weighted by atomic mass is 9.77. The second kappa shape index (κ2) is 9.17. The molecule has 1 saturated heterocycles. The number of nitrogens with zero attached hydrogens (tertiary/aromatic N) is 1. The van der Waals surface area contributed by atoms with Crippen LogP contribution in [-0.2, 0) is 5.60 Å². The van der Waals surface area contributed by atoms with Crippen LogP contribution in [-0.4, -0.2) is 35.4 Å². The van der Waals surface area contributed by atoms with Gasteiger partial charge in [-0.15, -0.1) is 0 Å². The molecule has 5 heteroatoms. The van der Waals surface area contributed by atoms with E-state index in [1.165, 1.54) is 12.1 Å². The maximum Gasteiger partial charge on any atom is 0.162 e. The van der Waals surface area contributed by atoms with Crippen molar-refractivity contribution in [2.24, 2.45) is 5.92 Å². The summed E-state index contributed by atoms with van der Waals surface area (Å²) in [6.07, 6.45) is 3.09. The number of likely N-dealkylation sites (tertiary alicyclic amines) is 1. The van der Waals surface area contributed by atoms with E-state index in [4.69, 9.17) is 11.6 Å². The highest BCUT2D eigenvalue weighted by molar-refractivity contribution is 6.30. The van der Waals surface area contributed by atoms with E-state index in [9.17, 15) is 14.3 Å². The molecule has 2 aromatic rings. The number of rotatable bonds is 7. The fourth-order valence-corrected chi connectivity index (χ4v) is 4.11. The average molecular weight is 404 g/mol. The summed E-state index contributed by atoms with van der Waals surface area (Å²) in [4.78, 5) is 14.5. The van der Waals surface area contributed by atoms with Gasteiger partial charge in [0.25, 0.3) is 0 Å². The Bertz CT molecular complexity index is 781. The highest BCUT2D eigenvalue weighted by Crippen LogP contribution is 2.36. The Labute approximate surface area is 171 Å². The van der Waals surface area contributed by atoms with Gasteiger partial charge in [0.05, 0.1) is 5.60 Å². The summed E-state index contributed by atoms with van der Waals surface area (Å²) in [6.45, 7) is 4.58. The summed E-state index contributed by atoms with van der Waals surface area (Å²) < 4.78 is 12.9. The van der Waals surface area contributed by atoms with Crippen LogP contribution >= 0.6 is 11.6 Å². The number of aliphatic hydroxyl groups is 1. The van der Waals surface area contributed by atoms with Crippen LogP contribution in [0.15, 0.2) is 48.5 Å². The number of carbonyl (C=O) groups excluding carboxylic acids is 1. The Hall–Kier alpha value is -1.75. The zero-order valence-electron chi connectivity index (χ0n) is 16.2. The molecule has 1 fully saturated rings. The number of ketones is 1. The molecule has 3 nitrogen and oxygen atoms in total. The first-order valence-corrected chi connectivity index (χ1v) is 10.2. The summed E-state index contributed by atoms with van der Waals surface area (Å²) >= 11 is 5.95. The van der Waals surface area contributed by atoms with Crippen LogP contribution in [0.25, 0.3) is 0 Å². The van der Waals surface area contributed by atoms with Gasteiger partial charge in [0, 0.05) is 17.0 Å². The van der Waals surface area contributed by atoms with Crippen molar-refractivity contribution in [3.05, 3.63) is 70.5 Å². The standard InChI is InChI=1S/C23H27ClFNO2/c1-23(28,18-6-8-20(24)9-7-18)19-12-15-26(16-13-19)14-2-3-22(27)17-4-10-21(25)11-5-17/h4-11,19,28H,2-3,12-16H2,1H3. The third kappa shape index (κ3) is 5.19. The van der Waals surface area contributed by atoms with Gasteiger partial charge in [0.15, 0.2) is 5.78 Å². The number of benzene rings is 2. The van der Waals surface area contributed by atoms with E-state index < -0.39 is 5.60 Å². The zero-order chi connectivity index (χ0) is 20.1. The van der Waals surface area contributed by atoms with Gasteiger partial charge in [-0.3, -0.25) is 4.79 Å². The number of hydrogen-bond acceptors (Lipinski definition) is 3. The third-order valence-corrected chi connectivity index (χ3v) is 6.11. The van der Waals surface area contributed by atoms with Gasteiger partial charge in [-0.25, -0.2) is 4.39 Å². The summed E-state index contributed by atoms with van der Waals surface area (Å²) in [6, 6.07) is 13.2. The van der Waals surface area contributed by atoms with Crippen LogP contribution in [0.2, 0.25) is 5.02 Å². The van der Waals surface area contributed by atoms with Crippen LogP contribution in [0.3, 0.4) is 0 Å². The van der Waals surface area contributed by atoms with Gasteiger partial charge in [-0.05, 0) is 93.7 Å². The lowest BCUT2D eigenvalue weighted by Crippen LogP contribution is -2.42. The van der Waals surface area contributed by atoms with Crippen LogP contribution in [0.5, 0.6) is 0 Å². The van der Waals surface area contributed by atoms with Gasteiger partial charge < -0.3 is 10.0 Å². The second-order valence-corrected chi connectivity index (χ2v) is 8.24. The first kappa shape index (κ1) is 21.0. The van der Waals surface area contributed by atoms with E-state index in [0.29, 0.717) is 17.0 Å². The maximum atomic E-state index is 12.9. The maximum absolute atomic E-state index is 12.9. The van der Waals surface area contributed by atoms with Gasteiger partial charge in [0.2, 0.25) is 0 Å². The predicted molar refractivity (Wildman–Crippen MR) is 110 cm³/mol. The molecule has 1 unspecified atom stereocenters. The van der Waals surface area contributed by atoms with Crippen molar-refractivity contribution < 1.29 is 14.3 Å². The minimum atomic E-state index is -0.866. The minimum absolute atomic E-state index is 0.0561. The van der Waals surface area contributed by atoms with Crippen molar-refractivity contribution in [1.82, 2.24) is 4.90 Å². The molecule has 0 bridgehead atoms. The van der Waals surface area contributed by atoms with Crippen LogP contribution in [0, 0.1) is 11.7 Å². The molecule has 28 heavy (non-hydrogen) atoms. The van der Waals surface area contributed by atoms with Crippen LogP contribution in [0.1, 0.15) is 48.5 Å². The number of hydrogen-bond donors (Lipinski definition) is 1. The normalized spacial score (nSPS) is 18.0. The number of carbonyl (C=O) groups is 1. The summed E-state index contributed by atoms with van der Waals surface area (Å²) in [7, 11) is 0. The van der Waals surface area contributed by atoms with Crippen LogP contribution in [0.4, 0.5) is 4.39 Å². The number of Topliss-reactive ketones (excluding diaryl/α,β-unsaturated/α-hetero) is 1. The van der Waals surface area contributed by atoms with E-state index in [-0.39, 0.29) is 17.5 Å². The summed E-state index contributed by atoms with van der Waals surface area (Å²) in [5.41, 5.74) is 0.606. The van der Waals surface area contributed by atoms with Crippen LogP contribution < -0.4 is 0 Å². The van der Waals surface area contributed by atoms with E-state index in [0.717, 1.165) is 44.5 Å².